The lowest BCUT2D eigenvalue weighted by Crippen LogP contribution is -2.30. The van der Waals surface area contributed by atoms with Crippen molar-refractivity contribution in [3.63, 3.8) is 0 Å². The quantitative estimate of drug-likeness (QED) is 0.461. The summed E-state index contributed by atoms with van der Waals surface area (Å²) in [6, 6.07) is 14.4. The third kappa shape index (κ3) is 4.91. The monoisotopic (exact) mass is 378 g/mol. The van der Waals surface area contributed by atoms with Crippen LogP contribution in [0, 0.1) is 6.92 Å². The van der Waals surface area contributed by atoms with Crippen LogP contribution in [0.25, 0.3) is 10.8 Å². The third-order valence-corrected chi connectivity index (χ3v) is 5.00. The molecule has 28 heavy (non-hydrogen) atoms. The number of nitrogens with one attached hydrogen (secondary N) is 1. The number of carbonyl (C=O) groups is 1. The molecule has 3 rings (SSSR count). The van der Waals surface area contributed by atoms with Gasteiger partial charge in [-0.15, -0.1) is 0 Å². The highest BCUT2D eigenvalue weighted by molar-refractivity contribution is 5.84. The summed E-state index contributed by atoms with van der Waals surface area (Å²) in [7, 11) is 0. The molecule has 0 radical (unpaired) electrons. The van der Waals surface area contributed by atoms with E-state index in [1.54, 1.807) is 5.48 Å². The Bertz CT molecular complexity index is 939. The summed E-state index contributed by atoms with van der Waals surface area (Å²) in [5, 5.41) is 11.0. The van der Waals surface area contributed by atoms with Gasteiger partial charge in [0.1, 0.15) is 0 Å². The molecule has 0 bridgehead atoms. The number of nitrogens with zero attached hydrogens (tertiary/aromatic N) is 3. The van der Waals surface area contributed by atoms with E-state index in [1.807, 2.05) is 36.7 Å². The fourth-order valence-corrected chi connectivity index (χ4v) is 3.38. The maximum absolute atomic E-state index is 11.4. The predicted molar refractivity (Wildman–Crippen MR) is 109 cm³/mol. The summed E-state index contributed by atoms with van der Waals surface area (Å²) in [5.74, 6) is -0.371. The van der Waals surface area contributed by atoms with Gasteiger partial charge in [0.2, 0.25) is 5.91 Å². The molecule has 1 aromatic carbocycles. The van der Waals surface area contributed by atoms with Gasteiger partial charge >= 0.3 is 0 Å². The van der Waals surface area contributed by atoms with Gasteiger partial charge in [0, 0.05) is 36.8 Å². The first-order valence-corrected chi connectivity index (χ1v) is 9.50. The van der Waals surface area contributed by atoms with Crippen molar-refractivity contribution in [1.82, 2.24) is 20.3 Å². The maximum atomic E-state index is 11.4. The van der Waals surface area contributed by atoms with Crippen molar-refractivity contribution in [3.8, 4) is 0 Å². The van der Waals surface area contributed by atoms with E-state index in [-0.39, 0.29) is 18.4 Å². The molecule has 2 aromatic heterocycles. The highest BCUT2D eigenvalue weighted by atomic mass is 16.5. The number of carbonyl (C=O) groups excluding carboxylic acids is 1. The molecule has 1 atom stereocenters. The normalized spacial score (nSPS) is 12.3. The summed E-state index contributed by atoms with van der Waals surface area (Å²) in [6.07, 6.45) is 4.57. The van der Waals surface area contributed by atoms with Crippen LogP contribution < -0.4 is 5.48 Å². The predicted octanol–water partition coefficient (Wildman–Crippen LogP) is 3.79. The zero-order chi connectivity index (χ0) is 19.9. The van der Waals surface area contributed by atoms with Crippen LogP contribution in [0.1, 0.15) is 42.8 Å². The largest absolute Gasteiger partial charge is 0.289 e. The number of pyridine rings is 2. The van der Waals surface area contributed by atoms with Crippen LogP contribution in [-0.4, -0.2) is 32.5 Å². The highest BCUT2D eigenvalue weighted by Gasteiger charge is 2.19. The lowest BCUT2D eigenvalue weighted by atomic mass is 10.1. The zero-order valence-electron chi connectivity index (χ0n) is 16.3. The van der Waals surface area contributed by atoms with E-state index in [0.717, 1.165) is 22.2 Å². The van der Waals surface area contributed by atoms with Crippen molar-refractivity contribution in [2.45, 2.75) is 39.3 Å². The molecule has 0 fully saturated rings. The minimum atomic E-state index is -0.371. The van der Waals surface area contributed by atoms with Crippen LogP contribution in [0.4, 0.5) is 0 Å². The van der Waals surface area contributed by atoms with Crippen molar-refractivity contribution in [1.29, 1.82) is 0 Å². The minimum absolute atomic E-state index is 0.0675. The van der Waals surface area contributed by atoms with Gasteiger partial charge in [-0.3, -0.25) is 24.9 Å². The average molecular weight is 378 g/mol. The van der Waals surface area contributed by atoms with E-state index in [4.69, 9.17) is 5.21 Å². The summed E-state index contributed by atoms with van der Waals surface area (Å²) in [4.78, 5) is 22.8. The van der Waals surface area contributed by atoms with Gasteiger partial charge in [-0.05, 0) is 56.0 Å². The van der Waals surface area contributed by atoms with Gasteiger partial charge in [-0.1, -0.05) is 24.3 Å². The van der Waals surface area contributed by atoms with E-state index >= 15 is 0 Å². The van der Waals surface area contributed by atoms with Crippen molar-refractivity contribution in [2.24, 2.45) is 0 Å². The second-order valence-electron chi connectivity index (χ2n) is 7.02. The molecule has 146 valence electrons. The van der Waals surface area contributed by atoms with E-state index in [1.165, 1.54) is 5.56 Å². The van der Waals surface area contributed by atoms with Gasteiger partial charge < -0.3 is 0 Å². The topological polar surface area (TPSA) is 78.4 Å². The molecule has 0 aliphatic heterocycles. The van der Waals surface area contributed by atoms with Crippen LogP contribution in [0.5, 0.6) is 0 Å². The fourth-order valence-electron chi connectivity index (χ4n) is 3.38. The lowest BCUT2D eigenvalue weighted by molar-refractivity contribution is -0.129. The molecule has 0 saturated heterocycles. The third-order valence-electron chi connectivity index (χ3n) is 5.00. The first-order chi connectivity index (χ1) is 13.6. The van der Waals surface area contributed by atoms with Crippen molar-refractivity contribution in [2.75, 3.05) is 6.54 Å². The number of rotatable bonds is 8. The minimum Gasteiger partial charge on any atom is -0.289 e. The van der Waals surface area contributed by atoms with Crippen LogP contribution >= 0.6 is 0 Å². The first-order valence-electron chi connectivity index (χ1n) is 9.50. The molecule has 3 aromatic rings. The van der Waals surface area contributed by atoms with Gasteiger partial charge in [0.15, 0.2) is 0 Å². The van der Waals surface area contributed by atoms with E-state index in [2.05, 4.69) is 46.9 Å². The molecule has 6 heteroatoms. The second-order valence-corrected chi connectivity index (χ2v) is 7.02. The number of hydrogen-bond acceptors (Lipinski definition) is 5. The molecule has 2 heterocycles. The van der Waals surface area contributed by atoms with E-state index in [9.17, 15) is 4.79 Å². The van der Waals surface area contributed by atoms with Crippen molar-refractivity contribution in [3.05, 3.63) is 71.8 Å². The van der Waals surface area contributed by atoms with Crippen LogP contribution in [0.3, 0.4) is 0 Å². The van der Waals surface area contributed by atoms with E-state index in [0.29, 0.717) is 19.5 Å². The van der Waals surface area contributed by atoms with Crippen LogP contribution in [0.2, 0.25) is 0 Å². The number of aryl methyl sites for hydroxylation is 1. The number of fused-ring (bicyclic) bond motifs is 1. The highest BCUT2D eigenvalue weighted by Crippen LogP contribution is 2.24. The second kappa shape index (κ2) is 9.39. The summed E-state index contributed by atoms with van der Waals surface area (Å²) < 4.78 is 0. The van der Waals surface area contributed by atoms with Crippen molar-refractivity contribution >= 4 is 16.7 Å². The molecule has 0 aliphatic carbocycles. The Morgan fingerprint density at radius 2 is 1.96 bits per heavy atom. The Morgan fingerprint density at radius 1 is 1.18 bits per heavy atom. The SMILES string of the molecule is Cc1ccnc([C@H](C)N(CCCC(=O)NO)Cc2nccc3ccccc23)c1. The molecule has 0 aliphatic rings. The summed E-state index contributed by atoms with van der Waals surface area (Å²) in [6.45, 7) is 5.52. The molecule has 2 N–H and O–H groups in total. The summed E-state index contributed by atoms with van der Waals surface area (Å²) >= 11 is 0. The van der Waals surface area contributed by atoms with Crippen LogP contribution in [0.15, 0.2) is 54.9 Å². The number of benzene rings is 1. The lowest BCUT2D eigenvalue weighted by Gasteiger charge is -2.29. The molecule has 0 unspecified atom stereocenters. The van der Waals surface area contributed by atoms with Gasteiger partial charge in [0.05, 0.1) is 11.4 Å². The van der Waals surface area contributed by atoms with Gasteiger partial charge in [-0.2, -0.15) is 0 Å². The summed E-state index contributed by atoms with van der Waals surface area (Å²) in [5.41, 5.74) is 4.86. The number of amides is 1. The van der Waals surface area contributed by atoms with E-state index < -0.39 is 0 Å². The average Bonchev–Trinajstić information content (AvgIpc) is 2.72. The van der Waals surface area contributed by atoms with Crippen molar-refractivity contribution < 1.29 is 10.0 Å². The Hall–Kier alpha value is -2.83. The number of hydroxylamine groups is 1. The molecule has 6 nitrogen and oxygen atoms in total. The molecule has 0 spiro atoms. The molecule has 1 amide bonds. The number of hydrogen-bond donors (Lipinski definition) is 2. The number of aromatic nitrogens is 2. The Morgan fingerprint density at radius 3 is 2.75 bits per heavy atom. The Labute approximate surface area is 165 Å². The standard InChI is InChI=1S/C22H26N4O2/c1-16-9-11-23-20(14-16)17(2)26(13-5-8-22(27)25-28)15-21-19-7-4-3-6-18(19)10-12-24-21/h3-4,6-7,9-12,14,17,28H,5,8,13,15H2,1-2H3,(H,25,27)/t17-/m0/s1. The molecule has 0 saturated carbocycles. The van der Waals surface area contributed by atoms with Gasteiger partial charge in [0.25, 0.3) is 0 Å². The maximum Gasteiger partial charge on any atom is 0.243 e. The smallest absolute Gasteiger partial charge is 0.243 e. The Kier molecular flexibility index (Phi) is 6.68. The fraction of sp³-hybridized carbons (Fsp3) is 0.318. The molecular formula is C22H26N4O2. The molecular weight excluding hydrogens is 352 g/mol. The Balaban J connectivity index is 1.85. The first kappa shape index (κ1) is 19.9. The van der Waals surface area contributed by atoms with Gasteiger partial charge in [-0.25, -0.2) is 5.48 Å². The van der Waals surface area contributed by atoms with Crippen LogP contribution in [-0.2, 0) is 11.3 Å². The zero-order valence-corrected chi connectivity index (χ0v) is 16.3.